The molecule has 2 N–H and O–H groups in total. The summed E-state index contributed by atoms with van der Waals surface area (Å²) < 4.78 is 5.40. The molecule has 3 atom stereocenters. The largest absolute Gasteiger partial charge is 0.495 e. The van der Waals surface area contributed by atoms with Crippen molar-refractivity contribution in [3.63, 3.8) is 0 Å². The van der Waals surface area contributed by atoms with E-state index in [1.54, 1.807) is 14.2 Å². The van der Waals surface area contributed by atoms with Crippen LogP contribution in [-0.4, -0.2) is 26.1 Å². The molecule has 100 valence electrons. The van der Waals surface area contributed by atoms with Gasteiger partial charge in [-0.2, -0.15) is 0 Å². The van der Waals surface area contributed by atoms with Crippen LogP contribution in [0.5, 0.6) is 5.75 Å². The fourth-order valence-corrected chi connectivity index (χ4v) is 3.18. The Hall–Kier alpha value is -1.97. The van der Waals surface area contributed by atoms with E-state index >= 15 is 0 Å². The summed E-state index contributed by atoms with van der Waals surface area (Å²) in [5.74, 6) is 1.42. The van der Waals surface area contributed by atoms with Crippen LogP contribution in [0.4, 0.5) is 5.69 Å². The van der Waals surface area contributed by atoms with E-state index in [1.807, 2.05) is 12.1 Å². The van der Waals surface area contributed by atoms with Crippen molar-refractivity contribution in [3.05, 3.63) is 35.9 Å². The van der Waals surface area contributed by atoms with Crippen LogP contribution in [0.1, 0.15) is 17.9 Å². The molecule has 19 heavy (non-hydrogen) atoms. The van der Waals surface area contributed by atoms with E-state index in [4.69, 9.17) is 4.74 Å². The molecule has 1 amide bonds. The zero-order chi connectivity index (χ0) is 13.4. The number of ether oxygens (including phenoxy) is 1. The van der Waals surface area contributed by atoms with Crippen LogP contribution in [0.2, 0.25) is 0 Å². The molecule has 0 fully saturated rings. The average molecular weight is 258 g/mol. The second kappa shape index (κ2) is 4.61. The van der Waals surface area contributed by atoms with Crippen molar-refractivity contribution in [2.75, 3.05) is 19.5 Å². The Morgan fingerprint density at radius 1 is 1.47 bits per heavy atom. The third kappa shape index (κ3) is 1.79. The van der Waals surface area contributed by atoms with Crippen molar-refractivity contribution in [3.8, 4) is 5.75 Å². The molecule has 0 saturated carbocycles. The van der Waals surface area contributed by atoms with Gasteiger partial charge in [-0.3, -0.25) is 4.79 Å². The third-order valence-corrected chi connectivity index (χ3v) is 4.11. The van der Waals surface area contributed by atoms with Gasteiger partial charge in [0, 0.05) is 18.9 Å². The van der Waals surface area contributed by atoms with E-state index in [9.17, 15) is 4.79 Å². The molecular weight excluding hydrogens is 240 g/mol. The Balaban J connectivity index is 2.07. The second-order valence-corrected chi connectivity index (χ2v) is 5.01. The number of hydrogen-bond acceptors (Lipinski definition) is 3. The number of rotatable bonds is 2. The number of allylic oxidation sites excluding steroid dienone is 2. The molecule has 1 aliphatic carbocycles. The fraction of sp³-hybridized carbons (Fsp3) is 0.400. The highest BCUT2D eigenvalue weighted by Gasteiger charge is 2.41. The predicted molar refractivity (Wildman–Crippen MR) is 74.5 cm³/mol. The van der Waals surface area contributed by atoms with Gasteiger partial charge in [-0.25, -0.2) is 0 Å². The summed E-state index contributed by atoms with van der Waals surface area (Å²) >= 11 is 0. The molecule has 0 spiro atoms. The lowest BCUT2D eigenvalue weighted by Gasteiger charge is -2.36. The van der Waals surface area contributed by atoms with Gasteiger partial charge in [-0.05, 0) is 18.1 Å². The highest BCUT2D eigenvalue weighted by Crippen LogP contribution is 2.47. The first-order chi connectivity index (χ1) is 9.26. The molecule has 0 saturated heterocycles. The maximum absolute atomic E-state index is 12.1. The third-order valence-electron chi connectivity index (χ3n) is 4.11. The summed E-state index contributed by atoms with van der Waals surface area (Å²) in [5, 5.41) is 6.11. The van der Waals surface area contributed by atoms with E-state index < -0.39 is 0 Å². The Kier molecular flexibility index (Phi) is 2.93. The van der Waals surface area contributed by atoms with Gasteiger partial charge in [-0.1, -0.05) is 24.3 Å². The highest BCUT2D eigenvalue weighted by molar-refractivity contribution is 5.87. The number of fused-ring (bicyclic) bond motifs is 3. The number of benzene rings is 1. The van der Waals surface area contributed by atoms with Crippen molar-refractivity contribution in [2.45, 2.75) is 18.4 Å². The van der Waals surface area contributed by atoms with Gasteiger partial charge in [0.1, 0.15) is 11.8 Å². The SMILES string of the molecule is CNC(=O)C1Nc2c(OC)cccc2C2C=CCC12. The predicted octanol–water partition coefficient (Wildman–Crippen LogP) is 1.89. The van der Waals surface area contributed by atoms with E-state index in [0.717, 1.165) is 17.9 Å². The quantitative estimate of drug-likeness (QED) is 0.797. The molecule has 3 unspecified atom stereocenters. The van der Waals surface area contributed by atoms with Crippen molar-refractivity contribution in [2.24, 2.45) is 5.92 Å². The first-order valence-electron chi connectivity index (χ1n) is 6.58. The van der Waals surface area contributed by atoms with E-state index in [-0.39, 0.29) is 11.9 Å². The van der Waals surface area contributed by atoms with E-state index in [2.05, 4.69) is 28.9 Å². The van der Waals surface area contributed by atoms with Crippen LogP contribution < -0.4 is 15.4 Å². The first kappa shape index (κ1) is 12.1. The number of carbonyl (C=O) groups is 1. The van der Waals surface area contributed by atoms with Crippen molar-refractivity contribution in [1.82, 2.24) is 5.32 Å². The van der Waals surface area contributed by atoms with Crippen LogP contribution in [0.25, 0.3) is 0 Å². The summed E-state index contributed by atoms with van der Waals surface area (Å²) in [4.78, 5) is 12.1. The lowest BCUT2D eigenvalue weighted by molar-refractivity contribution is -0.122. The average Bonchev–Trinajstić information content (AvgIpc) is 2.94. The van der Waals surface area contributed by atoms with Gasteiger partial charge < -0.3 is 15.4 Å². The van der Waals surface area contributed by atoms with Gasteiger partial charge in [0.2, 0.25) is 5.91 Å². The smallest absolute Gasteiger partial charge is 0.242 e. The molecule has 1 aromatic carbocycles. The van der Waals surface area contributed by atoms with Crippen molar-refractivity contribution in [1.29, 1.82) is 0 Å². The monoisotopic (exact) mass is 258 g/mol. The van der Waals surface area contributed by atoms with Crippen molar-refractivity contribution >= 4 is 11.6 Å². The van der Waals surface area contributed by atoms with Crippen LogP contribution >= 0.6 is 0 Å². The molecular formula is C15H18N2O2. The summed E-state index contributed by atoms with van der Waals surface area (Å²) in [5.41, 5.74) is 2.17. The molecule has 1 aromatic rings. The number of likely N-dealkylation sites (N-methyl/N-ethyl adjacent to an activating group) is 1. The summed E-state index contributed by atoms with van der Waals surface area (Å²) in [6, 6.07) is 5.83. The van der Waals surface area contributed by atoms with Crippen molar-refractivity contribution < 1.29 is 9.53 Å². The maximum atomic E-state index is 12.1. The Bertz CT molecular complexity index is 539. The minimum atomic E-state index is -0.200. The lowest BCUT2D eigenvalue weighted by Crippen LogP contribution is -2.46. The van der Waals surface area contributed by atoms with E-state index in [0.29, 0.717) is 11.8 Å². The van der Waals surface area contributed by atoms with Gasteiger partial charge in [0.15, 0.2) is 0 Å². The number of amides is 1. The molecule has 4 heteroatoms. The lowest BCUT2D eigenvalue weighted by atomic mass is 9.79. The van der Waals surface area contributed by atoms with Crippen LogP contribution in [-0.2, 0) is 4.79 Å². The van der Waals surface area contributed by atoms with Gasteiger partial charge >= 0.3 is 0 Å². The second-order valence-electron chi connectivity index (χ2n) is 5.01. The zero-order valence-electron chi connectivity index (χ0n) is 11.1. The number of anilines is 1. The first-order valence-corrected chi connectivity index (χ1v) is 6.58. The van der Waals surface area contributed by atoms with Crippen LogP contribution in [0, 0.1) is 5.92 Å². The number of hydrogen-bond donors (Lipinski definition) is 2. The molecule has 0 radical (unpaired) electrons. The maximum Gasteiger partial charge on any atom is 0.242 e. The number of methoxy groups -OCH3 is 1. The fourth-order valence-electron chi connectivity index (χ4n) is 3.18. The van der Waals surface area contributed by atoms with E-state index in [1.165, 1.54) is 5.56 Å². The number of nitrogens with one attached hydrogen (secondary N) is 2. The summed E-state index contributed by atoms with van der Waals surface area (Å²) in [6.45, 7) is 0. The molecule has 2 aliphatic rings. The van der Waals surface area contributed by atoms with Gasteiger partial charge in [-0.15, -0.1) is 0 Å². The summed E-state index contributed by atoms with van der Waals surface area (Å²) in [7, 11) is 3.34. The molecule has 3 rings (SSSR count). The molecule has 0 aromatic heterocycles. The van der Waals surface area contributed by atoms with Crippen LogP contribution in [0.15, 0.2) is 30.4 Å². The number of para-hydroxylation sites is 1. The normalized spacial score (nSPS) is 27.2. The molecule has 1 aliphatic heterocycles. The Labute approximate surface area is 112 Å². The number of carbonyl (C=O) groups excluding carboxylic acids is 1. The standard InChI is InChI=1S/C15H18N2O2/c1-16-15(18)14-11-6-3-5-9(11)10-7-4-8-12(19-2)13(10)17-14/h3-5,7-9,11,14,17H,6H2,1-2H3,(H,16,18). The topological polar surface area (TPSA) is 50.4 Å². The Morgan fingerprint density at radius 2 is 2.32 bits per heavy atom. The minimum absolute atomic E-state index is 0.0373. The summed E-state index contributed by atoms with van der Waals surface area (Å²) in [6.07, 6.45) is 5.31. The minimum Gasteiger partial charge on any atom is -0.495 e. The van der Waals surface area contributed by atoms with Crippen LogP contribution in [0.3, 0.4) is 0 Å². The Morgan fingerprint density at radius 3 is 3.05 bits per heavy atom. The zero-order valence-corrected chi connectivity index (χ0v) is 11.1. The molecule has 4 nitrogen and oxygen atoms in total. The molecule has 0 bridgehead atoms. The van der Waals surface area contributed by atoms with Gasteiger partial charge in [0.25, 0.3) is 0 Å². The van der Waals surface area contributed by atoms with Gasteiger partial charge in [0.05, 0.1) is 12.8 Å². The molecule has 1 heterocycles. The highest BCUT2D eigenvalue weighted by atomic mass is 16.5.